The minimum absolute atomic E-state index is 0.356. The molecular formula is C9H14F2O4. The summed E-state index contributed by atoms with van der Waals surface area (Å²) in [6.07, 6.45) is -1.94. The average molecular weight is 224 g/mol. The van der Waals surface area contributed by atoms with Crippen LogP contribution < -0.4 is 0 Å². The molecule has 0 aromatic heterocycles. The Morgan fingerprint density at radius 1 is 1.00 bits per heavy atom. The first-order chi connectivity index (χ1) is 6.91. The molecule has 0 radical (unpaired) electrons. The molecule has 0 aromatic carbocycles. The molecule has 6 heteroatoms. The van der Waals surface area contributed by atoms with Gasteiger partial charge in [0.1, 0.15) is 0 Å². The van der Waals surface area contributed by atoms with Gasteiger partial charge in [0.25, 0.3) is 0 Å². The lowest BCUT2D eigenvalue weighted by molar-refractivity contribution is -0.144. The number of carbonyl (C=O) groups is 2. The second-order valence-electron chi connectivity index (χ2n) is 3.01. The normalized spacial score (nSPS) is 10.9. The van der Waals surface area contributed by atoms with Crippen LogP contribution in [-0.2, 0) is 19.1 Å². The summed E-state index contributed by atoms with van der Waals surface area (Å²) in [5, 5.41) is 0. The molecule has 88 valence electrons. The second kappa shape index (κ2) is 6.31. The summed E-state index contributed by atoms with van der Waals surface area (Å²) in [6.45, 7) is 0. The van der Waals surface area contributed by atoms with E-state index in [-0.39, 0.29) is 12.8 Å². The molecule has 0 aliphatic heterocycles. The number of hydrogen-bond donors (Lipinski definition) is 0. The summed E-state index contributed by atoms with van der Waals surface area (Å²) in [6, 6.07) is 0. The summed E-state index contributed by atoms with van der Waals surface area (Å²) in [5.41, 5.74) is 0. The molecule has 0 aliphatic carbocycles. The van der Waals surface area contributed by atoms with Crippen LogP contribution in [0.25, 0.3) is 0 Å². The molecule has 0 atom stereocenters. The van der Waals surface area contributed by atoms with Crippen LogP contribution in [0, 0.1) is 0 Å². The summed E-state index contributed by atoms with van der Waals surface area (Å²) >= 11 is 0. The highest BCUT2D eigenvalue weighted by Crippen LogP contribution is 2.26. The Hall–Kier alpha value is -1.20. The fourth-order valence-corrected chi connectivity index (χ4v) is 0.899. The zero-order valence-electron chi connectivity index (χ0n) is 8.72. The third kappa shape index (κ3) is 6.82. The standard InChI is InChI=1S/C9H14F2O4/c1-14-7(12)3-5-9(10,11)6-4-8(13)15-2/h3-6H2,1-2H3. The van der Waals surface area contributed by atoms with E-state index in [4.69, 9.17) is 0 Å². The molecule has 0 heterocycles. The Kier molecular flexibility index (Phi) is 5.81. The molecule has 0 rings (SSSR count). The maximum Gasteiger partial charge on any atom is 0.305 e. The lowest BCUT2D eigenvalue weighted by Gasteiger charge is -2.14. The predicted molar refractivity (Wildman–Crippen MR) is 47.4 cm³/mol. The van der Waals surface area contributed by atoms with Crippen molar-refractivity contribution in [1.29, 1.82) is 0 Å². The van der Waals surface area contributed by atoms with Crippen LogP contribution in [-0.4, -0.2) is 32.1 Å². The topological polar surface area (TPSA) is 52.6 Å². The van der Waals surface area contributed by atoms with E-state index < -0.39 is 30.7 Å². The summed E-state index contributed by atoms with van der Waals surface area (Å²) in [5.74, 6) is -4.41. The van der Waals surface area contributed by atoms with Gasteiger partial charge in [0.2, 0.25) is 5.92 Å². The third-order valence-electron chi connectivity index (χ3n) is 1.85. The highest BCUT2D eigenvalue weighted by Gasteiger charge is 2.30. The van der Waals surface area contributed by atoms with Crippen molar-refractivity contribution in [3.63, 3.8) is 0 Å². The zero-order valence-corrected chi connectivity index (χ0v) is 8.72. The number of halogens is 2. The molecule has 0 aromatic rings. The lowest BCUT2D eigenvalue weighted by atomic mass is 10.1. The summed E-state index contributed by atoms with van der Waals surface area (Å²) in [4.78, 5) is 21.2. The Morgan fingerprint density at radius 2 is 1.33 bits per heavy atom. The summed E-state index contributed by atoms with van der Waals surface area (Å²) in [7, 11) is 2.27. The maximum absolute atomic E-state index is 13.0. The molecule has 0 bridgehead atoms. The quantitative estimate of drug-likeness (QED) is 0.642. The maximum atomic E-state index is 13.0. The van der Waals surface area contributed by atoms with Crippen molar-refractivity contribution < 1.29 is 27.8 Å². The van der Waals surface area contributed by atoms with Gasteiger partial charge < -0.3 is 9.47 Å². The number of ether oxygens (including phenoxy) is 2. The number of esters is 2. The van der Waals surface area contributed by atoms with Gasteiger partial charge in [-0.3, -0.25) is 9.59 Å². The Bertz CT molecular complexity index is 206. The van der Waals surface area contributed by atoms with Gasteiger partial charge >= 0.3 is 11.9 Å². The highest BCUT2D eigenvalue weighted by molar-refractivity contribution is 5.69. The third-order valence-corrected chi connectivity index (χ3v) is 1.85. The van der Waals surface area contributed by atoms with Crippen LogP contribution in [0.1, 0.15) is 25.7 Å². The van der Waals surface area contributed by atoms with Gasteiger partial charge in [-0.25, -0.2) is 8.78 Å². The van der Waals surface area contributed by atoms with E-state index >= 15 is 0 Å². The summed E-state index contributed by atoms with van der Waals surface area (Å²) < 4.78 is 34.5. The van der Waals surface area contributed by atoms with Gasteiger partial charge in [-0.1, -0.05) is 0 Å². The molecule has 0 N–H and O–H groups in total. The molecule has 4 nitrogen and oxygen atoms in total. The van der Waals surface area contributed by atoms with E-state index in [0.717, 1.165) is 14.2 Å². The number of rotatable bonds is 6. The van der Waals surface area contributed by atoms with Crippen molar-refractivity contribution >= 4 is 11.9 Å². The molecule has 0 fully saturated rings. The van der Waals surface area contributed by atoms with Crippen LogP contribution in [0.3, 0.4) is 0 Å². The first kappa shape index (κ1) is 13.8. The fourth-order valence-electron chi connectivity index (χ4n) is 0.899. The smallest absolute Gasteiger partial charge is 0.305 e. The molecule has 0 amide bonds. The number of alkyl halides is 2. The molecule has 0 aliphatic rings. The van der Waals surface area contributed by atoms with Gasteiger partial charge in [0, 0.05) is 12.8 Å². The lowest BCUT2D eigenvalue weighted by Crippen LogP contribution is -2.20. The number of carbonyl (C=O) groups excluding carboxylic acids is 2. The Labute approximate surface area is 86.5 Å². The van der Waals surface area contributed by atoms with Crippen LogP contribution in [0.4, 0.5) is 8.78 Å². The van der Waals surface area contributed by atoms with Crippen LogP contribution >= 0.6 is 0 Å². The molecular weight excluding hydrogens is 210 g/mol. The van der Waals surface area contributed by atoms with Crippen LogP contribution in [0.5, 0.6) is 0 Å². The second-order valence-corrected chi connectivity index (χ2v) is 3.01. The van der Waals surface area contributed by atoms with Gasteiger partial charge in [-0.15, -0.1) is 0 Å². The average Bonchev–Trinajstić information content (AvgIpc) is 2.22. The zero-order chi connectivity index (χ0) is 11.9. The first-order valence-electron chi connectivity index (χ1n) is 4.43. The van der Waals surface area contributed by atoms with Crippen molar-refractivity contribution in [2.24, 2.45) is 0 Å². The minimum Gasteiger partial charge on any atom is -0.469 e. The largest absolute Gasteiger partial charge is 0.469 e. The van der Waals surface area contributed by atoms with E-state index in [2.05, 4.69) is 9.47 Å². The predicted octanol–water partition coefficient (Wildman–Crippen LogP) is 1.53. The van der Waals surface area contributed by atoms with Crippen molar-refractivity contribution in [2.45, 2.75) is 31.6 Å². The number of methoxy groups -OCH3 is 2. The van der Waals surface area contributed by atoms with Crippen molar-refractivity contribution in [1.82, 2.24) is 0 Å². The molecule has 15 heavy (non-hydrogen) atoms. The molecule has 0 saturated heterocycles. The monoisotopic (exact) mass is 224 g/mol. The van der Waals surface area contributed by atoms with Crippen LogP contribution in [0.2, 0.25) is 0 Å². The van der Waals surface area contributed by atoms with E-state index in [0.29, 0.717) is 0 Å². The molecule has 0 saturated carbocycles. The Morgan fingerprint density at radius 3 is 1.60 bits per heavy atom. The van der Waals surface area contributed by atoms with Gasteiger partial charge in [0.15, 0.2) is 0 Å². The van der Waals surface area contributed by atoms with E-state index in [1.807, 2.05) is 0 Å². The molecule has 0 spiro atoms. The van der Waals surface area contributed by atoms with Crippen molar-refractivity contribution in [3.8, 4) is 0 Å². The van der Waals surface area contributed by atoms with E-state index in [1.54, 1.807) is 0 Å². The minimum atomic E-state index is -3.04. The van der Waals surface area contributed by atoms with E-state index in [9.17, 15) is 18.4 Å². The van der Waals surface area contributed by atoms with Crippen molar-refractivity contribution in [3.05, 3.63) is 0 Å². The number of hydrogen-bond acceptors (Lipinski definition) is 4. The highest BCUT2D eigenvalue weighted by atomic mass is 19.3. The van der Waals surface area contributed by atoms with Crippen molar-refractivity contribution in [2.75, 3.05) is 14.2 Å². The Balaban J connectivity index is 3.86. The molecule has 0 unspecified atom stereocenters. The van der Waals surface area contributed by atoms with Gasteiger partial charge in [-0.2, -0.15) is 0 Å². The van der Waals surface area contributed by atoms with Crippen LogP contribution in [0.15, 0.2) is 0 Å². The fraction of sp³-hybridized carbons (Fsp3) is 0.778. The van der Waals surface area contributed by atoms with E-state index in [1.165, 1.54) is 0 Å². The first-order valence-corrected chi connectivity index (χ1v) is 4.43. The SMILES string of the molecule is COC(=O)CCC(F)(F)CCC(=O)OC. The van der Waals surface area contributed by atoms with Gasteiger partial charge in [0.05, 0.1) is 27.1 Å². The van der Waals surface area contributed by atoms with Gasteiger partial charge in [-0.05, 0) is 0 Å².